The second-order valence-electron chi connectivity index (χ2n) is 3.51. The molecular formula is C12H13NO5. The monoisotopic (exact) mass is 251 g/mol. The van der Waals surface area contributed by atoms with E-state index in [-0.39, 0.29) is 17.9 Å². The predicted molar refractivity (Wildman–Crippen MR) is 63.4 cm³/mol. The Morgan fingerprint density at radius 3 is 2.56 bits per heavy atom. The number of hydrogen-bond acceptors (Lipinski definition) is 4. The number of hydrogen-bond donors (Lipinski definition) is 2. The van der Waals surface area contributed by atoms with E-state index in [1.54, 1.807) is 19.9 Å². The van der Waals surface area contributed by atoms with Crippen LogP contribution in [0.2, 0.25) is 0 Å². The number of nitrogens with one attached hydrogen (secondary N) is 1. The Morgan fingerprint density at radius 2 is 2.00 bits per heavy atom. The predicted octanol–water partition coefficient (Wildman–Crippen LogP) is 1.19. The Bertz CT molecular complexity index is 495. The summed E-state index contributed by atoms with van der Waals surface area (Å²) in [6, 6.07) is 4.25. The van der Waals surface area contributed by atoms with E-state index in [1.165, 1.54) is 12.1 Å². The molecule has 0 atom stereocenters. The number of anilines is 1. The number of ether oxygens (including phenoxy) is 1. The van der Waals surface area contributed by atoms with Crippen molar-refractivity contribution in [3.8, 4) is 0 Å². The maximum atomic E-state index is 11.4. The number of carbonyl (C=O) groups is 3. The van der Waals surface area contributed by atoms with Crippen LogP contribution < -0.4 is 5.32 Å². The first-order valence-corrected chi connectivity index (χ1v) is 5.27. The van der Waals surface area contributed by atoms with Crippen LogP contribution in [0.5, 0.6) is 0 Å². The van der Waals surface area contributed by atoms with Gasteiger partial charge in [0.1, 0.15) is 0 Å². The first-order chi connectivity index (χ1) is 8.45. The van der Waals surface area contributed by atoms with Gasteiger partial charge in [-0.25, -0.2) is 9.59 Å². The molecule has 2 N–H and O–H groups in total. The lowest BCUT2D eigenvalue weighted by Gasteiger charge is -2.08. The first-order valence-electron chi connectivity index (χ1n) is 5.27. The maximum absolute atomic E-state index is 11.4. The molecule has 0 unspecified atom stereocenters. The summed E-state index contributed by atoms with van der Waals surface area (Å²) in [5.41, 5.74) is 0.949. The Balaban J connectivity index is 2.90. The van der Waals surface area contributed by atoms with E-state index in [0.29, 0.717) is 5.56 Å². The number of aryl methyl sites for hydroxylation is 1. The average Bonchev–Trinajstić information content (AvgIpc) is 2.31. The van der Waals surface area contributed by atoms with Gasteiger partial charge in [0.05, 0.1) is 12.2 Å². The van der Waals surface area contributed by atoms with Crippen LogP contribution in [0.15, 0.2) is 18.2 Å². The molecule has 0 fully saturated rings. The second-order valence-corrected chi connectivity index (χ2v) is 3.51. The molecule has 96 valence electrons. The summed E-state index contributed by atoms with van der Waals surface area (Å²) in [5, 5.41) is 11.1. The van der Waals surface area contributed by atoms with Crippen LogP contribution in [0, 0.1) is 6.92 Å². The van der Waals surface area contributed by atoms with E-state index in [0.717, 1.165) is 0 Å². The second kappa shape index (κ2) is 5.81. The Hall–Kier alpha value is -2.37. The molecule has 0 saturated heterocycles. The minimum Gasteiger partial charge on any atom is -0.478 e. The molecule has 0 aliphatic heterocycles. The molecule has 1 aromatic carbocycles. The van der Waals surface area contributed by atoms with Gasteiger partial charge in [-0.05, 0) is 31.5 Å². The van der Waals surface area contributed by atoms with Gasteiger partial charge in [-0.2, -0.15) is 0 Å². The zero-order chi connectivity index (χ0) is 13.7. The van der Waals surface area contributed by atoms with Crippen molar-refractivity contribution in [1.82, 2.24) is 0 Å². The van der Waals surface area contributed by atoms with Crippen molar-refractivity contribution in [2.75, 3.05) is 11.9 Å². The highest BCUT2D eigenvalue weighted by Gasteiger charge is 2.16. The summed E-state index contributed by atoms with van der Waals surface area (Å²) in [7, 11) is 0. The molecule has 0 spiro atoms. The Morgan fingerprint density at radius 1 is 1.33 bits per heavy atom. The zero-order valence-corrected chi connectivity index (χ0v) is 10.0. The van der Waals surface area contributed by atoms with Gasteiger partial charge in [-0.1, -0.05) is 6.07 Å². The summed E-state index contributed by atoms with van der Waals surface area (Å²) in [6.45, 7) is 3.37. The van der Waals surface area contributed by atoms with Crippen LogP contribution >= 0.6 is 0 Å². The number of amides is 1. The van der Waals surface area contributed by atoms with Crippen LogP contribution in [0.1, 0.15) is 22.8 Å². The molecule has 0 aliphatic rings. The summed E-state index contributed by atoms with van der Waals surface area (Å²) in [5.74, 6) is -3.04. The molecule has 0 aromatic heterocycles. The number of aromatic carboxylic acids is 1. The molecule has 0 heterocycles. The van der Waals surface area contributed by atoms with Crippen LogP contribution in [0.4, 0.5) is 5.69 Å². The lowest BCUT2D eigenvalue weighted by molar-refractivity contribution is -0.152. The summed E-state index contributed by atoms with van der Waals surface area (Å²) in [6.07, 6.45) is 0. The van der Waals surface area contributed by atoms with Crippen LogP contribution in [-0.2, 0) is 14.3 Å². The quantitative estimate of drug-likeness (QED) is 0.622. The number of esters is 1. The zero-order valence-electron chi connectivity index (χ0n) is 10.0. The van der Waals surface area contributed by atoms with E-state index < -0.39 is 17.8 Å². The van der Waals surface area contributed by atoms with Crippen molar-refractivity contribution >= 4 is 23.5 Å². The van der Waals surface area contributed by atoms with Crippen molar-refractivity contribution in [3.63, 3.8) is 0 Å². The van der Waals surface area contributed by atoms with Crippen molar-refractivity contribution in [1.29, 1.82) is 0 Å². The third-order valence-electron chi connectivity index (χ3n) is 2.19. The fourth-order valence-electron chi connectivity index (χ4n) is 1.26. The van der Waals surface area contributed by atoms with Crippen LogP contribution in [-0.4, -0.2) is 29.6 Å². The number of carbonyl (C=O) groups excluding carboxylic acids is 2. The molecule has 0 aliphatic carbocycles. The smallest absolute Gasteiger partial charge is 0.397 e. The highest BCUT2D eigenvalue weighted by Crippen LogP contribution is 2.17. The van der Waals surface area contributed by atoms with Crippen LogP contribution in [0.25, 0.3) is 0 Å². The number of benzene rings is 1. The highest BCUT2D eigenvalue weighted by atomic mass is 16.5. The Kier molecular flexibility index (Phi) is 4.42. The molecule has 1 aromatic rings. The molecule has 6 heteroatoms. The molecule has 1 rings (SSSR count). The summed E-state index contributed by atoms with van der Waals surface area (Å²) in [4.78, 5) is 33.3. The largest absolute Gasteiger partial charge is 0.478 e. The van der Waals surface area contributed by atoms with Gasteiger partial charge in [0.2, 0.25) is 0 Å². The van der Waals surface area contributed by atoms with Gasteiger partial charge < -0.3 is 15.2 Å². The standard InChI is InChI=1S/C12H13NO5/c1-3-18-12(17)10(14)13-9-6-8(11(15)16)5-4-7(9)2/h4-6H,3H2,1-2H3,(H,13,14)(H,15,16). The van der Waals surface area contributed by atoms with Crippen molar-refractivity contribution < 1.29 is 24.2 Å². The van der Waals surface area contributed by atoms with Gasteiger partial charge in [0.15, 0.2) is 0 Å². The summed E-state index contributed by atoms with van der Waals surface area (Å²) < 4.78 is 4.53. The number of rotatable bonds is 3. The number of carboxylic acids is 1. The topological polar surface area (TPSA) is 92.7 Å². The van der Waals surface area contributed by atoms with E-state index in [9.17, 15) is 14.4 Å². The average molecular weight is 251 g/mol. The van der Waals surface area contributed by atoms with Gasteiger partial charge >= 0.3 is 17.8 Å². The van der Waals surface area contributed by atoms with Gasteiger partial charge in [0, 0.05) is 5.69 Å². The SMILES string of the molecule is CCOC(=O)C(=O)Nc1cc(C(=O)O)ccc1C. The Labute approximate surface area is 104 Å². The van der Waals surface area contributed by atoms with E-state index in [2.05, 4.69) is 10.1 Å². The van der Waals surface area contributed by atoms with Gasteiger partial charge in [-0.15, -0.1) is 0 Å². The molecule has 0 radical (unpaired) electrons. The molecule has 0 bridgehead atoms. The van der Waals surface area contributed by atoms with Crippen molar-refractivity contribution in [3.05, 3.63) is 29.3 Å². The van der Waals surface area contributed by atoms with Crippen LogP contribution in [0.3, 0.4) is 0 Å². The fraction of sp³-hybridized carbons (Fsp3) is 0.250. The van der Waals surface area contributed by atoms with E-state index in [1.807, 2.05) is 0 Å². The lowest BCUT2D eigenvalue weighted by Crippen LogP contribution is -2.25. The fourth-order valence-corrected chi connectivity index (χ4v) is 1.26. The van der Waals surface area contributed by atoms with Crippen molar-refractivity contribution in [2.24, 2.45) is 0 Å². The maximum Gasteiger partial charge on any atom is 0.397 e. The normalized spacial score (nSPS) is 9.67. The lowest BCUT2D eigenvalue weighted by atomic mass is 10.1. The third kappa shape index (κ3) is 3.31. The van der Waals surface area contributed by atoms with Crippen molar-refractivity contribution in [2.45, 2.75) is 13.8 Å². The van der Waals surface area contributed by atoms with E-state index in [4.69, 9.17) is 5.11 Å². The van der Waals surface area contributed by atoms with Gasteiger partial charge in [0.25, 0.3) is 0 Å². The highest BCUT2D eigenvalue weighted by molar-refractivity contribution is 6.37. The van der Waals surface area contributed by atoms with E-state index >= 15 is 0 Å². The van der Waals surface area contributed by atoms with Gasteiger partial charge in [-0.3, -0.25) is 4.79 Å². The molecule has 18 heavy (non-hydrogen) atoms. The summed E-state index contributed by atoms with van der Waals surface area (Å²) >= 11 is 0. The number of carboxylic acid groups (broad SMARTS) is 1. The minimum absolute atomic E-state index is 0.0276. The molecule has 6 nitrogen and oxygen atoms in total. The first kappa shape index (κ1) is 13.7. The molecule has 0 saturated carbocycles. The third-order valence-corrected chi connectivity index (χ3v) is 2.19. The minimum atomic E-state index is -1.11. The molecule has 1 amide bonds. The molecular weight excluding hydrogens is 238 g/mol.